The molecule has 1 aliphatic heterocycles. The third-order valence-electron chi connectivity index (χ3n) is 5.66. The van der Waals surface area contributed by atoms with Gasteiger partial charge < -0.3 is 9.47 Å². The standard InChI is InChI=1S/C23H25N5OS/c1-15(30-22-26-25-21(28(22)5)16-9-8-12-24-14-16)19(29)13-20-23(2,3)17-10-6-7-11-18(17)27(20)4/h6-15H,1-5H3/b20-13-. The highest BCUT2D eigenvalue weighted by Crippen LogP contribution is 2.46. The van der Waals surface area contributed by atoms with Gasteiger partial charge in [-0.3, -0.25) is 9.78 Å². The Hall–Kier alpha value is -2.93. The third kappa shape index (κ3) is 3.43. The normalized spacial score (nSPS) is 17.2. The Kier molecular flexibility index (Phi) is 5.24. The van der Waals surface area contributed by atoms with E-state index in [0.717, 1.165) is 22.8 Å². The van der Waals surface area contributed by atoms with E-state index in [2.05, 4.69) is 46.1 Å². The first kappa shape index (κ1) is 20.3. The van der Waals surface area contributed by atoms with Gasteiger partial charge >= 0.3 is 0 Å². The smallest absolute Gasteiger partial charge is 0.191 e. The van der Waals surface area contributed by atoms with Crippen LogP contribution in [0, 0.1) is 0 Å². The van der Waals surface area contributed by atoms with E-state index in [0.29, 0.717) is 5.16 Å². The second kappa shape index (κ2) is 7.72. The van der Waals surface area contributed by atoms with Gasteiger partial charge in [0.25, 0.3) is 0 Å². The van der Waals surface area contributed by atoms with E-state index in [1.54, 1.807) is 18.5 Å². The van der Waals surface area contributed by atoms with Crippen molar-refractivity contribution in [3.8, 4) is 11.4 Å². The molecule has 1 aliphatic rings. The number of carbonyl (C=O) groups is 1. The fourth-order valence-electron chi connectivity index (χ4n) is 3.89. The van der Waals surface area contributed by atoms with Crippen LogP contribution >= 0.6 is 11.8 Å². The zero-order valence-corrected chi connectivity index (χ0v) is 18.6. The van der Waals surface area contributed by atoms with E-state index < -0.39 is 0 Å². The summed E-state index contributed by atoms with van der Waals surface area (Å²) in [5.41, 5.74) is 4.07. The van der Waals surface area contributed by atoms with Crippen molar-refractivity contribution >= 4 is 23.2 Å². The zero-order chi connectivity index (χ0) is 21.5. The van der Waals surface area contributed by atoms with Gasteiger partial charge in [0.15, 0.2) is 16.8 Å². The van der Waals surface area contributed by atoms with E-state index in [1.165, 1.54) is 17.3 Å². The number of allylic oxidation sites excluding steroid dienone is 2. The summed E-state index contributed by atoms with van der Waals surface area (Å²) < 4.78 is 1.90. The van der Waals surface area contributed by atoms with Crippen molar-refractivity contribution in [3.05, 3.63) is 66.1 Å². The first-order chi connectivity index (χ1) is 14.3. The number of para-hydroxylation sites is 1. The van der Waals surface area contributed by atoms with Crippen LogP contribution in [0.5, 0.6) is 0 Å². The molecule has 0 aliphatic carbocycles. The maximum Gasteiger partial charge on any atom is 0.191 e. The Morgan fingerprint density at radius 2 is 1.90 bits per heavy atom. The minimum Gasteiger partial charge on any atom is -0.347 e. The van der Waals surface area contributed by atoms with Gasteiger partial charge in [-0.05, 0) is 30.7 Å². The highest BCUT2D eigenvalue weighted by Gasteiger charge is 2.38. The van der Waals surface area contributed by atoms with Crippen LogP contribution in [0.3, 0.4) is 0 Å². The maximum absolute atomic E-state index is 13.1. The van der Waals surface area contributed by atoms with Gasteiger partial charge in [0, 0.05) is 54.9 Å². The molecule has 3 heterocycles. The molecular formula is C23H25N5OS. The molecule has 154 valence electrons. The summed E-state index contributed by atoms with van der Waals surface area (Å²) in [6.45, 7) is 6.24. The number of thioether (sulfide) groups is 1. The van der Waals surface area contributed by atoms with E-state index in [-0.39, 0.29) is 16.4 Å². The van der Waals surface area contributed by atoms with E-state index in [9.17, 15) is 4.79 Å². The average Bonchev–Trinajstić information content (AvgIpc) is 3.19. The van der Waals surface area contributed by atoms with Gasteiger partial charge in [0.1, 0.15) is 0 Å². The van der Waals surface area contributed by atoms with Crippen LogP contribution in [0.2, 0.25) is 0 Å². The molecule has 0 N–H and O–H groups in total. The van der Waals surface area contributed by atoms with Gasteiger partial charge in [-0.1, -0.05) is 43.8 Å². The summed E-state index contributed by atoms with van der Waals surface area (Å²) in [5, 5.41) is 8.99. The lowest BCUT2D eigenvalue weighted by atomic mass is 9.83. The van der Waals surface area contributed by atoms with Crippen molar-refractivity contribution in [2.75, 3.05) is 11.9 Å². The minimum atomic E-state index is -0.282. The van der Waals surface area contributed by atoms with Crippen molar-refractivity contribution in [1.29, 1.82) is 0 Å². The third-order valence-corrected chi connectivity index (χ3v) is 6.81. The quantitative estimate of drug-likeness (QED) is 0.455. The van der Waals surface area contributed by atoms with Crippen molar-refractivity contribution in [2.24, 2.45) is 7.05 Å². The number of likely N-dealkylation sites (N-methyl/N-ethyl adjacent to an activating group) is 1. The second-order valence-electron chi connectivity index (χ2n) is 8.00. The molecule has 30 heavy (non-hydrogen) atoms. The second-order valence-corrected chi connectivity index (χ2v) is 9.31. The summed E-state index contributed by atoms with van der Waals surface area (Å²) in [4.78, 5) is 19.3. The number of hydrogen-bond donors (Lipinski definition) is 0. The van der Waals surface area contributed by atoms with Crippen molar-refractivity contribution in [3.63, 3.8) is 0 Å². The number of rotatable bonds is 5. The molecule has 0 radical (unpaired) electrons. The lowest BCUT2D eigenvalue weighted by molar-refractivity contribution is -0.114. The van der Waals surface area contributed by atoms with Crippen molar-refractivity contribution in [2.45, 2.75) is 36.6 Å². The Morgan fingerprint density at radius 1 is 1.13 bits per heavy atom. The lowest BCUT2D eigenvalue weighted by Crippen LogP contribution is -2.25. The number of pyridine rings is 1. The summed E-state index contributed by atoms with van der Waals surface area (Å²) in [5.74, 6) is 0.796. The predicted molar refractivity (Wildman–Crippen MR) is 121 cm³/mol. The predicted octanol–water partition coefficient (Wildman–Crippen LogP) is 4.24. The summed E-state index contributed by atoms with van der Waals surface area (Å²) in [6, 6.07) is 12.1. The van der Waals surface area contributed by atoms with E-state index in [1.807, 2.05) is 49.9 Å². The van der Waals surface area contributed by atoms with Crippen LogP contribution in [0.1, 0.15) is 26.3 Å². The number of ketones is 1. The Morgan fingerprint density at radius 3 is 2.60 bits per heavy atom. The molecule has 0 fully saturated rings. The molecule has 1 unspecified atom stereocenters. The number of hydrogen-bond acceptors (Lipinski definition) is 6. The monoisotopic (exact) mass is 419 g/mol. The molecule has 3 aromatic rings. The Labute approximate surface area is 181 Å². The maximum atomic E-state index is 13.1. The van der Waals surface area contributed by atoms with Crippen LogP contribution in [-0.4, -0.2) is 37.8 Å². The number of benzene rings is 1. The molecule has 1 aromatic carbocycles. The number of fused-ring (bicyclic) bond motifs is 1. The van der Waals surface area contributed by atoms with Crippen LogP contribution in [0.25, 0.3) is 11.4 Å². The average molecular weight is 420 g/mol. The molecule has 0 bridgehead atoms. The molecule has 4 rings (SSSR count). The summed E-state index contributed by atoms with van der Waals surface area (Å²) in [7, 11) is 3.93. The first-order valence-corrected chi connectivity index (χ1v) is 10.7. The topological polar surface area (TPSA) is 63.9 Å². The van der Waals surface area contributed by atoms with Gasteiger partial charge in [-0.25, -0.2) is 0 Å². The number of nitrogens with zero attached hydrogens (tertiary/aromatic N) is 5. The van der Waals surface area contributed by atoms with Crippen LogP contribution in [0.4, 0.5) is 5.69 Å². The molecule has 0 saturated heterocycles. The molecule has 0 spiro atoms. The van der Waals surface area contributed by atoms with Crippen LogP contribution < -0.4 is 4.90 Å². The SMILES string of the molecule is CC(Sc1nnc(-c2cccnc2)n1C)C(=O)/C=C1\N(C)c2ccccc2C1(C)C. The molecular weight excluding hydrogens is 394 g/mol. The number of carbonyl (C=O) groups excluding carboxylic acids is 1. The summed E-state index contributed by atoms with van der Waals surface area (Å²) >= 11 is 1.42. The first-order valence-electron chi connectivity index (χ1n) is 9.86. The van der Waals surface area contributed by atoms with E-state index in [4.69, 9.17) is 0 Å². The number of aromatic nitrogens is 4. The Balaban J connectivity index is 1.55. The van der Waals surface area contributed by atoms with Gasteiger partial charge in [0.2, 0.25) is 0 Å². The number of anilines is 1. The molecule has 1 atom stereocenters. The van der Waals surface area contributed by atoms with Crippen molar-refractivity contribution in [1.82, 2.24) is 19.7 Å². The zero-order valence-electron chi connectivity index (χ0n) is 17.8. The lowest BCUT2D eigenvalue weighted by Gasteiger charge is -2.24. The summed E-state index contributed by atoms with van der Waals surface area (Å²) in [6.07, 6.45) is 5.27. The molecule has 2 aromatic heterocycles. The van der Waals surface area contributed by atoms with Gasteiger partial charge in [-0.2, -0.15) is 0 Å². The largest absolute Gasteiger partial charge is 0.347 e. The fourth-order valence-corrected chi connectivity index (χ4v) is 4.72. The minimum absolute atomic E-state index is 0.0636. The Bertz CT molecular complexity index is 1120. The molecule has 6 nitrogen and oxygen atoms in total. The highest BCUT2D eigenvalue weighted by atomic mass is 32.2. The van der Waals surface area contributed by atoms with Crippen molar-refractivity contribution < 1.29 is 4.79 Å². The van der Waals surface area contributed by atoms with Gasteiger partial charge in [0.05, 0.1) is 5.25 Å². The van der Waals surface area contributed by atoms with Crippen LogP contribution in [0.15, 0.2) is 65.7 Å². The molecule has 7 heteroatoms. The van der Waals surface area contributed by atoms with Gasteiger partial charge in [-0.15, -0.1) is 10.2 Å². The molecule has 0 saturated carbocycles. The fraction of sp³-hybridized carbons (Fsp3) is 0.304. The highest BCUT2D eigenvalue weighted by molar-refractivity contribution is 8.00. The van der Waals surface area contributed by atoms with Crippen LogP contribution in [-0.2, 0) is 17.3 Å². The molecule has 0 amide bonds. The van der Waals surface area contributed by atoms with E-state index >= 15 is 0 Å².